The third-order valence-corrected chi connectivity index (χ3v) is 14.4. The van der Waals surface area contributed by atoms with Gasteiger partial charge in [0.05, 0.1) is 21.3 Å². The number of carbonyl (C=O) groups is 3. The predicted octanol–water partition coefficient (Wildman–Crippen LogP) is 19.0. The number of thiol groups is 3. The van der Waals surface area contributed by atoms with Crippen LogP contribution in [-0.4, -0.2) is 55.0 Å². The van der Waals surface area contributed by atoms with Gasteiger partial charge in [-0.15, -0.1) is 0 Å². The lowest BCUT2D eigenvalue weighted by Crippen LogP contribution is -2.05. The highest BCUT2D eigenvalue weighted by atomic mass is 32.1. The molecule has 0 aliphatic rings. The Morgan fingerprint density at radius 3 is 0.667 bits per heavy atom. The normalized spacial score (nSPS) is 12.3. The zero-order valence-electron chi connectivity index (χ0n) is 44.8. The highest BCUT2D eigenvalue weighted by molar-refractivity contribution is 7.81. The highest BCUT2D eigenvalue weighted by Gasteiger charge is 2.09. The molecule has 6 nitrogen and oxygen atoms in total. The first kappa shape index (κ1) is 69.7. The van der Waals surface area contributed by atoms with Crippen molar-refractivity contribution in [1.82, 2.24) is 0 Å². The molecule has 0 aliphatic heterocycles. The van der Waals surface area contributed by atoms with Gasteiger partial charge in [-0.3, -0.25) is 14.4 Å². The van der Waals surface area contributed by atoms with Gasteiger partial charge in [-0.25, -0.2) is 0 Å². The van der Waals surface area contributed by atoms with Crippen LogP contribution in [0.4, 0.5) is 0 Å². The lowest BCUT2D eigenvalue weighted by Gasteiger charge is -2.14. The SMILES string of the molecule is CCCCCC(S)CCC(S)CCCCCCCCC(=O)OC.CCCCCCCCCCC(S)CCCCCCC(=O)OC.CCCCCCCCCCCCCCCCCC(=O)OC. The molecule has 0 saturated heterocycles. The lowest BCUT2D eigenvalue weighted by molar-refractivity contribution is -0.141. The molecule has 3 unspecified atom stereocenters. The number of unbranched alkanes of at least 4 members (excludes halogenated alkanes) is 31. The lowest BCUT2D eigenvalue weighted by atomic mass is 10.0. The van der Waals surface area contributed by atoms with E-state index in [0.717, 1.165) is 32.1 Å². The van der Waals surface area contributed by atoms with Crippen LogP contribution in [0.1, 0.15) is 310 Å². The third kappa shape index (κ3) is 63.5. The topological polar surface area (TPSA) is 78.9 Å². The largest absolute Gasteiger partial charge is 0.469 e. The Bertz CT molecular complexity index is 969. The molecule has 0 fully saturated rings. The monoisotopic (exact) mass is 991 g/mol. The van der Waals surface area contributed by atoms with Crippen molar-refractivity contribution < 1.29 is 28.6 Å². The van der Waals surface area contributed by atoms with E-state index in [9.17, 15) is 14.4 Å². The number of hydrogen-bond donors (Lipinski definition) is 3. The fourth-order valence-electron chi connectivity index (χ4n) is 8.27. The van der Waals surface area contributed by atoms with Gasteiger partial charge >= 0.3 is 17.9 Å². The maximum absolute atomic E-state index is 11.0. The van der Waals surface area contributed by atoms with Crippen LogP contribution in [0.15, 0.2) is 0 Å². The van der Waals surface area contributed by atoms with Gasteiger partial charge in [-0.05, 0) is 57.8 Å². The molecule has 0 radical (unpaired) electrons. The Labute approximate surface area is 428 Å². The summed E-state index contributed by atoms with van der Waals surface area (Å²) in [6, 6.07) is 0. The first-order valence-corrected chi connectivity index (χ1v) is 29.9. The third-order valence-electron chi connectivity index (χ3n) is 12.9. The minimum Gasteiger partial charge on any atom is -0.469 e. The zero-order chi connectivity index (χ0) is 49.4. The maximum Gasteiger partial charge on any atom is 0.305 e. The Hall–Kier alpha value is -0.540. The van der Waals surface area contributed by atoms with Gasteiger partial charge in [-0.1, -0.05) is 233 Å². The Balaban J connectivity index is -0.000000903. The number of methoxy groups -OCH3 is 3. The Morgan fingerprint density at radius 2 is 0.439 bits per heavy atom. The summed E-state index contributed by atoms with van der Waals surface area (Å²) in [6.45, 7) is 6.79. The number of esters is 3. The summed E-state index contributed by atoms with van der Waals surface area (Å²) in [7, 11) is 4.38. The van der Waals surface area contributed by atoms with Crippen LogP contribution < -0.4 is 0 Å². The van der Waals surface area contributed by atoms with E-state index >= 15 is 0 Å². The van der Waals surface area contributed by atoms with E-state index in [2.05, 4.69) is 47.6 Å². The molecule has 66 heavy (non-hydrogen) atoms. The van der Waals surface area contributed by atoms with Crippen molar-refractivity contribution in [2.45, 2.75) is 325 Å². The van der Waals surface area contributed by atoms with Crippen LogP contribution in [0.3, 0.4) is 0 Å². The smallest absolute Gasteiger partial charge is 0.305 e. The van der Waals surface area contributed by atoms with Crippen molar-refractivity contribution in [1.29, 1.82) is 0 Å². The molecular weight excluding hydrogens is 877 g/mol. The highest BCUT2D eigenvalue weighted by Crippen LogP contribution is 2.22. The van der Waals surface area contributed by atoms with Crippen LogP contribution >= 0.6 is 37.9 Å². The van der Waals surface area contributed by atoms with Gasteiger partial charge in [0.2, 0.25) is 0 Å². The van der Waals surface area contributed by atoms with Crippen LogP contribution in [0, 0.1) is 0 Å². The molecule has 0 aromatic rings. The first-order chi connectivity index (χ1) is 32.1. The second-order valence-electron chi connectivity index (χ2n) is 19.3. The Kier molecular flexibility index (Phi) is 64.0. The average Bonchev–Trinajstić information content (AvgIpc) is 3.32. The molecule has 3 atom stereocenters. The minimum atomic E-state index is -0.0832. The summed E-state index contributed by atoms with van der Waals surface area (Å²) >= 11 is 14.1. The van der Waals surface area contributed by atoms with Crippen LogP contribution in [0.2, 0.25) is 0 Å². The number of carbonyl (C=O) groups excluding carboxylic acids is 3. The molecule has 0 aromatic heterocycles. The standard InChI is InChI=1S/C19H38O2S2.C19H38O2S.C19H38O2/c1-3-4-9-12-17(22)15-16-18(23)13-10-7-5-6-8-11-14-19(20)21-2;1-3-4-5-6-7-8-9-12-15-18(22)16-13-10-11-14-17-19(20)21-2;1-3-4-5-6-7-8-9-10-11-12-13-14-15-16-17-18-19(20)21-2/h17-18,22-23H,3-16H2,1-2H3;18,22H,3-17H2,1-2H3;3-18H2,1-2H3. The molecule has 0 rings (SSSR count). The fraction of sp³-hybridized carbons (Fsp3) is 0.947. The minimum absolute atomic E-state index is 0.0651. The summed E-state index contributed by atoms with van der Waals surface area (Å²) in [4.78, 5) is 32.9. The van der Waals surface area contributed by atoms with E-state index in [0.29, 0.717) is 35.0 Å². The molecule has 0 aromatic carbocycles. The van der Waals surface area contributed by atoms with Crippen molar-refractivity contribution in [3.05, 3.63) is 0 Å². The first-order valence-electron chi connectivity index (χ1n) is 28.4. The average molecular weight is 992 g/mol. The molecule has 0 aliphatic carbocycles. The molecule has 396 valence electrons. The number of rotatable bonds is 48. The summed E-state index contributed by atoms with van der Waals surface area (Å²) in [5.41, 5.74) is 0. The van der Waals surface area contributed by atoms with Gasteiger partial charge in [-0.2, -0.15) is 37.9 Å². The molecule has 0 heterocycles. The molecular formula is C57H114O6S3. The Morgan fingerprint density at radius 1 is 0.273 bits per heavy atom. The summed E-state index contributed by atoms with van der Waals surface area (Å²) in [5, 5.41) is 1.67. The van der Waals surface area contributed by atoms with Gasteiger partial charge in [0.25, 0.3) is 0 Å². The predicted molar refractivity (Wildman–Crippen MR) is 299 cm³/mol. The summed E-state index contributed by atoms with van der Waals surface area (Å²) in [6.07, 6.45) is 56.2. The summed E-state index contributed by atoms with van der Waals surface area (Å²) in [5.74, 6) is -0.230. The van der Waals surface area contributed by atoms with E-state index in [1.807, 2.05) is 0 Å². The van der Waals surface area contributed by atoms with Crippen molar-refractivity contribution in [2.24, 2.45) is 0 Å². The maximum atomic E-state index is 11.0. The van der Waals surface area contributed by atoms with Crippen LogP contribution in [0.5, 0.6) is 0 Å². The van der Waals surface area contributed by atoms with Crippen molar-refractivity contribution in [2.75, 3.05) is 21.3 Å². The molecule has 0 N–H and O–H groups in total. The molecule has 0 saturated carbocycles. The second kappa shape index (κ2) is 60.6. The van der Waals surface area contributed by atoms with Crippen molar-refractivity contribution >= 4 is 55.8 Å². The molecule has 0 amide bonds. The van der Waals surface area contributed by atoms with Crippen LogP contribution in [-0.2, 0) is 28.6 Å². The molecule has 0 bridgehead atoms. The van der Waals surface area contributed by atoms with E-state index in [1.165, 1.54) is 259 Å². The van der Waals surface area contributed by atoms with Crippen molar-refractivity contribution in [3.63, 3.8) is 0 Å². The molecule has 9 heteroatoms. The van der Waals surface area contributed by atoms with Gasteiger partial charge in [0.15, 0.2) is 0 Å². The van der Waals surface area contributed by atoms with E-state index in [4.69, 9.17) is 25.3 Å². The van der Waals surface area contributed by atoms with E-state index < -0.39 is 0 Å². The van der Waals surface area contributed by atoms with Gasteiger partial charge < -0.3 is 14.2 Å². The fourth-order valence-corrected chi connectivity index (χ4v) is 9.30. The summed E-state index contributed by atoms with van der Waals surface area (Å²) < 4.78 is 13.9. The van der Waals surface area contributed by atoms with E-state index in [-0.39, 0.29) is 17.9 Å². The van der Waals surface area contributed by atoms with Gasteiger partial charge in [0.1, 0.15) is 0 Å². The zero-order valence-corrected chi connectivity index (χ0v) is 47.5. The number of ether oxygens (including phenoxy) is 3. The quantitative estimate of drug-likeness (QED) is 0.0244. The van der Waals surface area contributed by atoms with Crippen LogP contribution in [0.25, 0.3) is 0 Å². The number of hydrogen-bond acceptors (Lipinski definition) is 9. The second-order valence-corrected chi connectivity index (χ2v) is 21.5. The van der Waals surface area contributed by atoms with E-state index in [1.54, 1.807) is 0 Å². The molecule has 0 spiro atoms. The van der Waals surface area contributed by atoms with Gasteiger partial charge in [0, 0.05) is 35.0 Å². The van der Waals surface area contributed by atoms with Crippen molar-refractivity contribution in [3.8, 4) is 0 Å².